The van der Waals surface area contributed by atoms with Gasteiger partial charge in [-0.25, -0.2) is 0 Å². The molecule has 80 valence electrons. The number of nitrogens with one attached hydrogen (secondary N) is 1. The average molecular weight is 209 g/mol. The van der Waals surface area contributed by atoms with Crippen molar-refractivity contribution in [2.24, 2.45) is 0 Å². The van der Waals surface area contributed by atoms with Crippen LogP contribution in [0.1, 0.15) is 40.0 Å². The van der Waals surface area contributed by atoms with Crippen LogP contribution in [0, 0.1) is 0 Å². The molecule has 0 saturated heterocycles. The third-order valence-electron chi connectivity index (χ3n) is 2.07. The van der Waals surface area contributed by atoms with Gasteiger partial charge in [-0.2, -0.15) is 0 Å². The van der Waals surface area contributed by atoms with E-state index in [0.29, 0.717) is 6.54 Å². The van der Waals surface area contributed by atoms with Gasteiger partial charge in [0.2, 0.25) is 0 Å². The van der Waals surface area contributed by atoms with E-state index in [0.717, 1.165) is 19.3 Å². The first-order chi connectivity index (χ1) is 5.81. The van der Waals surface area contributed by atoms with Crippen LogP contribution in [0.25, 0.3) is 0 Å². The minimum atomic E-state index is -4.03. The molecule has 5 heteroatoms. The summed E-state index contributed by atoms with van der Waals surface area (Å²) in [6.45, 7) is 5.81. The maximum absolute atomic E-state index is 10.9. The summed E-state index contributed by atoms with van der Waals surface area (Å²) < 4.78 is 10.9. The second kappa shape index (κ2) is 5.11. The Morgan fingerprint density at radius 2 is 1.85 bits per heavy atom. The van der Waals surface area contributed by atoms with Gasteiger partial charge in [0.1, 0.15) is 5.28 Å². The van der Waals surface area contributed by atoms with Gasteiger partial charge in [-0.05, 0) is 26.8 Å². The number of unbranched alkanes of at least 4 members (excludes halogenated alkanes) is 2. The first kappa shape index (κ1) is 13.1. The molecule has 0 aliphatic carbocycles. The molecule has 0 spiro atoms. The van der Waals surface area contributed by atoms with E-state index >= 15 is 0 Å². The first-order valence-electron chi connectivity index (χ1n) is 4.62. The molecule has 0 amide bonds. The van der Waals surface area contributed by atoms with Gasteiger partial charge >= 0.3 is 7.60 Å². The molecule has 0 radical (unpaired) electrons. The van der Waals surface area contributed by atoms with E-state index in [1.165, 1.54) is 13.8 Å². The maximum Gasteiger partial charge on any atom is 0.344 e. The van der Waals surface area contributed by atoms with E-state index in [1.54, 1.807) is 0 Å². The van der Waals surface area contributed by atoms with Crippen LogP contribution >= 0.6 is 7.60 Å². The standard InChI is InChI=1S/C8H20NO3P/c1-4-5-6-7-9-8(2,3)13(10,11)12/h9H,4-7H2,1-3H3,(H2,10,11,12). The fourth-order valence-electron chi connectivity index (χ4n) is 0.872. The predicted octanol–water partition coefficient (Wildman–Crippen LogP) is 1.68. The molecule has 0 aromatic heterocycles. The van der Waals surface area contributed by atoms with Gasteiger partial charge in [0.05, 0.1) is 0 Å². The predicted molar refractivity (Wildman–Crippen MR) is 53.7 cm³/mol. The van der Waals surface area contributed by atoms with Crippen molar-refractivity contribution < 1.29 is 14.4 Å². The highest BCUT2D eigenvalue weighted by Gasteiger charge is 2.36. The summed E-state index contributed by atoms with van der Waals surface area (Å²) in [5.41, 5.74) is 0. The lowest BCUT2D eigenvalue weighted by Crippen LogP contribution is -2.39. The highest BCUT2D eigenvalue weighted by Crippen LogP contribution is 2.47. The van der Waals surface area contributed by atoms with Gasteiger partial charge in [-0.15, -0.1) is 0 Å². The van der Waals surface area contributed by atoms with Gasteiger partial charge in [0.15, 0.2) is 0 Å². The van der Waals surface area contributed by atoms with Crippen LogP contribution in [0.2, 0.25) is 0 Å². The highest BCUT2D eigenvalue weighted by molar-refractivity contribution is 7.53. The third kappa shape index (κ3) is 4.77. The molecule has 0 unspecified atom stereocenters. The summed E-state index contributed by atoms with van der Waals surface area (Å²) in [7, 11) is -4.03. The van der Waals surface area contributed by atoms with Crippen LogP contribution in [-0.4, -0.2) is 21.6 Å². The molecule has 0 heterocycles. The van der Waals surface area contributed by atoms with Gasteiger partial charge in [0.25, 0.3) is 0 Å². The van der Waals surface area contributed by atoms with Crippen LogP contribution in [0.3, 0.4) is 0 Å². The molecule has 0 aliphatic rings. The van der Waals surface area contributed by atoms with Crippen molar-refractivity contribution in [2.45, 2.75) is 45.3 Å². The molecule has 0 bridgehead atoms. The van der Waals surface area contributed by atoms with Crippen molar-refractivity contribution in [3.8, 4) is 0 Å². The molecule has 0 aromatic rings. The van der Waals surface area contributed by atoms with Crippen molar-refractivity contribution >= 4 is 7.60 Å². The van der Waals surface area contributed by atoms with Crippen LogP contribution in [-0.2, 0) is 4.57 Å². The van der Waals surface area contributed by atoms with Crippen molar-refractivity contribution in [1.29, 1.82) is 0 Å². The van der Waals surface area contributed by atoms with E-state index in [2.05, 4.69) is 12.2 Å². The Labute approximate surface area is 79.9 Å². The Morgan fingerprint density at radius 3 is 2.23 bits per heavy atom. The van der Waals surface area contributed by atoms with Gasteiger partial charge in [-0.1, -0.05) is 19.8 Å². The summed E-state index contributed by atoms with van der Waals surface area (Å²) in [6, 6.07) is 0. The maximum atomic E-state index is 10.9. The van der Waals surface area contributed by atoms with E-state index in [-0.39, 0.29) is 0 Å². The molecule has 4 nitrogen and oxygen atoms in total. The molecule has 0 atom stereocenters. The van der Waals surface area contributed by atoms with E-state index in [4.69, 9.17) is 9.79 Å². The summed E-state index contributed by atoms with van der Waals surface area (Å²) in [5.74, 6) is 0. The van der Waals surface area contributed by atoms with Gasteiger partial charge in [-0.3, -0.25) is 4.57 Å². The van der Waals surface area contributed by atoms with Crippen LogP contribution in [0.4, 0.5) is 0 Å². The van der Waals surface area contributed by atoms with Crippen LogP contribution in [0.5, 0.6) is 0 Å². The van der Waals surface area contributed by atoms with E-state index in [9.17, 15) is 4.57 Å². The first-order valence-corrected chi connectivity index (χ1v) is 6.23. The Hall–Kier alpha value is 0.110. The Balaban J connectivity index is 3.84. The lowest BCUT2D eigenvalue weighted by molar-refractivity contribution is 0.314. The molecule has 0 aliphatic heterocycles. The molecular formula is C8H20NO3P. The Kier molecular flexibility index (Phi) is 5.15. The third-order valence-corrected chi connectivity index (χ3v) is 3.68. The number of hydrogen-bond donors (Lipinski definition) is 3. The largest absolute Gasteiger partial charge is 0.344 e. The molecule has 0 rings (SSSR count). The normalized spacial score (nSPS) is 13.3. The van der Waals surface area contributed by atoms with Gasteiger partial charge in [0, 0.05) is 0 Å². The van der Waals surface area contributed by atoms with Crippen molar-refractivity contribution in [1.82, 2.24) is 5.32 Å². The Bertz CT molecular complexity index is 188. The second-order valence-electron chi connectivity index (χ2n) is 3.74. The average Bonchev–Trinajstić information content (AvgIpc) is 1.96. The van der Waals surface area contributed by atoms with Gasteiger partial charge < -0.3 is 15.1 Å². The molecule has 13 heavy (non-hydrogen) atoms. The number of hydrogen-bond acceptors (Lipinski definition) is 2. The van der Waals surface area contributed by atoms with Crippen molar-refractivity contribution in [2.75, 3.05) is 6.54 Å². The monoisotopic (exact) mass is 209 g/mol. The smallest absolute Gasteiger partial charge is 0.323 e. The molecule has 0 saturated carbocycles. The lowest BCUT2D eigenvalue weighted by Gasteiger charge is -2.27. The fraction of sp³-hybridized carbons (Fsp3) is 1.00. The highest BCUT2D eigenvalue weighted by atomic mass is 31.2. The minimum absolute atomic E-state index is 0.659. The zero-order valence-corrected chi connectivity index (χ0v) is 9.47. The summed E-state index contributed by atoms with van der Waals surface area (Å²) in [5, 5.41) is 1.77. The number of rotatable bonds is 6. The summed E-state index contributed by atoms with van der Waals surface area (Å²) >= 11 is 0. The quantitative estimate of drug-likeness (QED) is 0.460. The summed E-state index contributed by atoms with van der Waals surface area (Å²) in [6.07, 6.45) is 3.15. The zero-order chi connectivity index (χ0) is 10.5. The zero-order valence-electron chi connectivity index (χ0n) is 8.58. The Morgan fingerprint density at radius 1 is 1.31 bits per heavy atom. The molecular weight excluding hydrogens is 189 g/mol. The molecule has 3 N–H and O–H groups in total. The second-order valence-corrected chi connectivity index (χ2v) is 5.94. The van der Waals surface area contributed by atoms with E-state index < -0.39 is 12.9 Å². The minimum Gasteiger partial charge on any atom is -0.323 e. The van der Waals surface area contributed by atoms with E-state index in [1.807, 2.05) is 0 Å². The van der Waals surface area contributed by atoms with Crippen molar-refractivity contribution in [3.05, 3.63) is 0 Å². The molecule has 0 fully saturated rings. The van der Waals surface area contributed by atoms with Crippen LogP contribution < -0.4 is 5.32 Å². The van der Waals surface area contributed by atoms with Crippen LogP contribution in [0.15, 0.2) is 0 Å². The SMILES string of the molecule is CCCCCNC(C)(C)P(=O)(O)O. The topological polar surface area (TPSA) is 69.6 Å². The molecule has 0 aromatic carbocycles. The van der Waals surface area contributed by atoms with Crippen molar-refractivity contribution in [3.63, 3.8) is 0 Å². The fourth-order valence-corrected chi connectivity index (χ4v) is 1.19. The summed E-state index contributed by atoms with van der Waals surface area (Å²) in [4.78, 5) is 17.9. The lowest BCUT2D eigenvalue weighted by atomic mass is 10.2.